The molecule has 1 aromatic carbocycles. The lowest BCUT2D eigenvalue weighted by Gasteiger charge is -2.42. The summed E-state index contributed by atoms with van der Waals surface area (Å²) < 4.78 is 74.6. The number of carboxylic acid groups (broad SMARTS) is 1. The summed E-state index contributed by atoms with van der Waals surface area (Å²) in [5, 5.41) is 14.1. The summed E-state index contributed by atoms with van der Waals surface area (Å²) in [4.78, 5) is 62.2. The van der Waals surface area contributed by atoms with E-state index in [0.29, 0.717) is 42.9 Å². The summed E-state index contributed by atoms with van der Waals surface area (Å²) in [5.74, 6) is -5.16. The molecule has 3 fully saturated rings. The van der Waals surface area contributed by atoms with E-state index >= 15 is 13.6 Å². The predicted octanol–water partition coefficient (Wildman–Crippen LogP) is 6.00. The number of hydrogen-bond donors (Lipinski definition) is 3. The molecule has 0 radical (unpaired) electrons. The van der Waals surface area contributed by atoms with Gasteiger partial charge in [0.15, 0.2) is 5.60 Å². The van der Waals surface area contributed by atoms with Crippen molar-refractivity contribution in [1.29, 1.82) is 0 Å². The SMILES string of the molecule is CCOc1cc2ccccc2c(O[C@]2(C)C[C@H]3C(=O)N[C@]4(C(=O)NS(=O)(=O)C5(C)CC5)C[C@H]4/C=C\CC[C@@H](C)C[C@@H](C)[C@H](N(C(=O)O)C(C)CC)C(=O)N3C2(F)F)n1. The molecule has 58 heavy (non-hydrogen) atoms. The second-order valence-electron chi connectivity index (χ2n) is 17.1. The van der Waals surface area contributed by atoms with Crippen molar-refractivity contribution in [2.75, 3.05) is 6.61 Å². The van der Waals surface area contributed by atoms with E-state index in [0.717, 1.165) is 11.8 Å². The van der Waals surface area contributed by atoms with Crippen LogP contribution < -0.4 is 19.5 Å². The van der Waals surface area contributed by atoms with Crippen molar-refractivity contribution < 1.29 is 51.0 Å². The summed E-state index contributed by atoms with van der Waals surface area (Å²) in [6, 6.07) is -0.328. The number of rotatable bonds is 10. The Labute approximate surface area is 338 Å². The number of alkyl halides is 2. The quantitative estimate of drug-likeness (QED) is 0.190. The van der Waals surface area contributed by atoms with Gasteiger partial charge in [0.2, 0.25) is 27.7 Å². The van der Waals surface area contributed by atoms with Gasteiger partial charge in [-0.1, -0.05) is 51.1 Å². The smallest absolute Gasteiger partial charge is 0.408 e. The van der Waals surface area contributed by atoms with Crippen molar-refractivity contribution in [2.24, 2.45) is 17.8 Å². The first-order chi connectivity index (χ1) is 27.1. The largest absolute Gasteiger partial charge is 0.478 e. The summed E-state index contributed by atoms with van der Waals surface area (Å²) in [6.45, 7) is 11.4. The molecule has 0 spiro atoms. The van der Waals surface area contributed by atoms with E-state index < -0.39 is 92.2 Å². The molecule has 2 aliphatic carbocycles. The molecule has 0 bridgehead atoms. The Morgan fingerprint density at radius 1 is 1.14 bits per heavy atom. The van der Waals surface area contributed by atoms with E-state index in [1.54, 1.807) is 64.1 Å². The third kappa shape index (κ3) is 7.70. The number of ether oxygens (including phenoxy) is 2. The summed E-state index contributed by atoms with van der Waals surface area (Å²) >= 11 is 0. The van der Waals surface area contributed by atoms with Crippen molar-refractivity contribution in [3.8, 4) is 11.8 Å². The number of benzene rings is 1. The van der Waals surface area contributed by atoms with Gasteiger partial charge < -0.3 is 19.9 Å². The van der Waals surface area contributed by atoms with E-state index in [4.69, 9.17) is 9.47 Å². The van der Waals surface area contributed by atoms with E-state index in [9.17, 15) is 27.9 Å². The summed E-state index contributed by atoms with van der Waals surface area (Å²) in [5.41, 5.74) is -4.48. The number of nitrogens with zero attached hydrogens (tertiary/aromatic N) is 3. The predicted molar refractivity (Wildman–Crippen MR) is 211 cm³/mol. The minimum absolute atomic E-state index is 0.0196. The second-order valence-corrected chi connectivity index (χ2v) is 19.3. The zero-order valence-electron chi connectivity index (χ0n) is 34.1. The van der Waals surface area contributed by atoms with Crippen LogP contribution in [0.25, 0.3) is 10.8 Å². The fourth-order valence-electron chi connectivity index (χ4n) is 8.44. The second kappa shape index (κ2) is 15.6. The normalized spacial score (nSPS) is 31.7. The molecular weight excluding hydrogens is 777 g/mol. The lowest BCUT2D eigenvalue weighted by Crippen LogP contribution is -2.64. The van der Waals surface area contributed by atoms with Crippen LogP contribution in [0.3, 0.4) is 0 Å². The van der Waals surface area contributed by atoms with Crippen LogP contribution in [-0.2, 0) is 24.4 Å². The molecule has 1 unspecified atom stereocenters. The molecule has 2 aromatic rings. The lowest BCUT2D eigenvalue weighted by molar-refractivity contribution is -0.219. The van der Waals surface area contributed by atoms with Gasteiger partial charge in [0.25, 0.3) is 11.8 Å². The Bertz CT molecular complexity index is 2100. The molecule has 8 atom stereocenters. The third-order valence-corrected chi connectivity index (χ3v) is 14.8. The molecule has 4 amide bonds. The first-order valence-electron chi connectivity index (χ1n) is 20.1. The minimum Gasteiger partial charge on any atom is -0.478 e. The number of pyridine rings is 1. The van der Waals surface area contributed by atoms with E-state index in [1.165, 1.54) is 6.92 Å². The molecule has 2 aliphatic heterocycles. The summed E-state index contributed by atoms with van der Waals surface area (Å²) in [7, 11) is -4.16. The van der Waals surface area contributed by atoms with Gasteiger partial charge in [-0.15, -0.1) is 0 Å². The Hall–Kier alpha value is -4.54. The van der Waals surface area contributed by atoms with Gasteiger partial charge in [0.05, 0.1) is 11.4 Å². The molecule has 6 rings (SSSR count). The molecule has 1 saturated heterocycles. The number of fused-ring (bicyclic) bond motifs is 3. The summed E-state index contributed by atoms with van der Waals surface area (Å²) in [6.07, 6.45) is 3.58. The number of amides is 4. The number of hydrogen-bond acceptors (Lipinski definition) is 9. The molecule has 3 N–H and O–H groups in total. The van der Waals surface area contributed by atoms with Crippen molar-refractivity contribution >= 4 is 44.6 Å². The highest BCUT2D eigenvalue weighted by atomic mass is 32.2. The van der Waals surface area contributed by atoms with Crippen molar-refractivity contribution in [3.05, 3.63) is 42.5 Å². The van der Waals surface area contributed by atoms with Crippen LogP contribution >= 0.6 is 0 Å². The number of carbonyl (C=O) groups is 4. The standard InChI is InChI=1S/C41H55F2N5O9S/c1-8-26(5)47(37(52)53)32-25(4)20-24(3)14-10-12-16-28-22-40(28,36(51)46-58(54,55)38(6)18-19-38)45-33(49)30-23-39(7,41(42,43)48(30)35(32)50)57-34-29-17-13-11-15-27(29)21-31(44-34)56-9-2/h11-13,15-17,21,24-26,28,30,32H,8-10,14,18-20,22-23H2,1-7H3,(H,45,49)(H,46,51)(H,52,53)/b16-12-/t24-,25-,26?,28-,30+,32+,39-,40-/m1/s1. The van der Waals surface area contributed by atoms with Crippen LogP contribution in [0.1, 0.15) is 99.8 Å². The maximum absolute atomic E-state index is 17.7. The molecule has 2 saturated carbocycles. The number of nitrogens with one attached hydrogen (secondary N) is 2. The van der Waals surface area contributed by atoms with Crippen molar-refractivity contribution in [2.45, 2.75) is 140 Å². The number of carbonyl (C=O) groups excluding carboxylic acids is 3. The zero-order valence-corrected chi connectivity index (χ0v) is 34.9. The lowest BCUT2D eigenvalue weighted by atomic mass is 9.86. The first-order valence-corrected chi connectivity index (χ1v) is 21.6. The van der Waals surface area contributed by atoms with Crippen LogP contribution in [-0.4, -0.2) is 98.8 Å². The van der Waals surface area contributed by atoms with E-state index in [-0.39, 0.29) is 42.0 Å². The molecule has 14 nitrogen and oxygen atoms in total. The number of halogens is 2. The molecule has 318 valence electrons. The highest BCUT2D eigenvalue weighted by Gasteiger charge is 2.71. The first kappa shape index (κ1) is 43.0. The highest BCUT2D eigenvalue weighted by Crippen LogP contribution is 2.51. The van der Waals surface area contributed by atoms with Crippen LogP contribution in [0.4, 0.5) is 13.6 Å². The molecule has 17 heteroatoms. The van der Waals surface area contributed by atoms with E-state index in [2.05, 4.69) is 15.0 Å². The number of aromatic nitrogens is 1. The van der Waals surface area contributed by atoms with Crippen LogP contribution in [0, 0.1) is 17.8 Å². The van der Waals surface area contributed by atoms with Crippen LogP contribution in [0.5, 0.6) is 11.8 Å². The maximum atomic E-state index is 17.7. The van der Waals surface area contributed by atoms with Gasteiger partial charge in [0.1, 0.15) is 17.6 Å². The third-order valence-electron chi connectivity index (χ3n) is 12.6. The Kier molecular flexibility index (Phi) is 11.6. The van der Waals surface area contributed by atoms with Crippen molar-refractivity contribution in [3.63, 3.8) is 0 Å². The van der Waals surface area contributed by atoms with Crippen LogP contribution in [0.15, 0.2) is 42.5 Å². The van der Waals surface area contributed by atoms with Gasteiger partial charge in [-0.3, -0.25) is 28.9 Å². The van der Waals surface area contributed by atoms with Gasteiger partial charge in [-0.05, 0) is 95.9 Å². The zero-order chi connectivity index (χ0) is 42.6. The molecular formula is C41H55F2N5O9S. The molecule has 3 heterocycles. The maximum Gasteiger partial charge on any atom is 0.408 e. The Morgan fingerprint density at radius 2 is 1.83 bits per heavy atom. The minimum atomic E-state index is -4.28. The van der Waals surface area contributed by atoms with Crippen LogP contribution in [0.2, 0.25) is 0 Å². The Morgan fingerprint density at radius 3 is 2.47 bits per heavy atom. The number of sulfonamides is 1. The molecule has 4 aliphatic rings. The van der Waals surface area contributed by atoms with Crippen molar-refractivity contribution in [1.82, 2.24) is 24.8 Å². The topological polar surface area (TPSA) is 185 Å². The van der Waals surface area contributed by atoms with Gasteiger partial charge >= 0.3 is 12.1 Å². The average molecular weight is 832 g/mol. The number of allylic oxidation sites excluding steroid dienone is 1. The van der Waals surface area contributed by atoms with Gasteiger partial charge in [0, 0.05) is 29.8 Å². The van der Waals surface area contributed by atoms with Gasteiger partial charge in [-0.25, -0.2) is 13.2 Å². The monoisotopic (exact) mass is 831 g/mol. The van der Waals surface area contributed by atoms with E-state index in [1.807, 2.05) is 13.0 Å². The highest BCUT2D eigenvalue weighted by molar-refractivity contribution is 7.91. The fraction of sp³-hybridized carbons (Fsp3) is 0.634. The van der Waals surface area contributed by atoms with Gasteiger partial charge in [-0.2, -0.15) is 13.8 Å². The fourth-order valence-corrected chi connectivity index (χ4v) is 9.75. The average Bonchev–Trinajstić information content (AvgIpc) is 4.06. The Balaban J connectivity index is 1.49. The molecule has 1 aromatic heterocycles.